The van der Waals surface area contributed by atoms with E-state index in [-0.39, 0.29) is 0 Å². The van der Waals surface area contributed by atoms with Gasteiger partial charge >= 0.3 is 0 Å². The van der Waals surface area contributed by atoms with Crippen molar-refractivity contribution in [1.29, 1.82) is 0 Å². The molecule has 0 saturated heterocycles. The molecule has 0 bridgehead atoms. The summed E-state index contributed by atoms with van der Waals surface area (Å²) in [6.45, 7) is 0. The van der Waals surface area contributed by atoms with Crippen LogP contribution in [0, 0.1) is 0 Å². The van der Waals surface area contributed by atoms with Crippen LogP contribution in [0.3, 0.4) is 0 Å². The first kappa shape index (κ1) is 12.3. The largest absolute Gasteiger partial charge is 0.334 e. The molecule has 6 nitrogen and oxygen atoms in total. The summed E-state index contributed by atoms with van der Waals surface area (Å²) in [5, 5.41) is 8.22. The Morgan fingerprint density at radius 1 is 1.19 bits per heavy atom. The van der Waals surface area contributed by atoms with Gasteiger partial charge in [0.2, 0.25) is 0 Å². The maximum absolute atomic E-state index is 6.21. The molecule has 1 saturated carbocycles. The zero-order chi connectivity index (χ0) is 14.3. The number of hydrogen-bond donors (Lipinski definition) is 1. The van der Waals surface area contributed by atoms with Gasteiger partial charge in [-0.1, -0.05) is 5.16 Å². The van der Waals surface area contributed by atoms with Gasteiger partial charge in [0.15, 0.2) is 5.82 Å². The second kappa shape index (κ2) is 4.53. The predicted molar refractivity (Wildman–Crippen MR) is 76.6 cm³/mol. The van der Waals surface area contributed by atoms with Crippen molar-refractivity contribution in [3.63, 3.8) is 0 Å². The van der Waals surface area contributed by atoms with Gasteiger partial charge in [-0.25, -0.2) is 4.68 Å². The summed E-state index contributed by atoms with van der Waals surface area (Å²) in [4.78, 5) is 4.44. The minimum atomic E-state index is -0.392. The minimum absolute atomic E-state index is 0.392. The van der Waals surface area contributed by atoms with Gasteiger partial charge in [-0.2, -0.15) is 10.1 Å². The molecule has 1 aromatic carbocycles. The molecule has 0 unspecified atom stereocenters. The zero-order valence-electron chi connectivity index (χ0n) is 11.4. The second-order valence-corrected chi connectivity index (χ2v) is 5.43. The van der Waals surface area contributed by atoms with Crippen molar-refractivity contribution in [2.75, 3.05) is 0 Å². The Balaban J connectivity index is 1.62. The van der Waals surface area contributed by atoms with Gasteiger partial charge in [0.05, 0.1) is 11.2 Å². The summed E-state index contributed by atoms with van der Waals surface area (Å²) in [5.41, 5.74) is 7.68. The summed E-state index contributed by atoms with van der Waals surface area (Å²) < 4.78 is 7.14. The number of nitrogens with two attached hydrogens (primary N) is 1. The highest BCUT2D eigenvalue weighted by atomic mass is 16.5. The van der Waals surface area contributed by atoms with E-state index < -0.39 is 5.54 Å². The number of nitrogens with zero attached hydrogens (tertiary/aromatic N) is 4. The average molecular weight is 281 g/mol. The Bertz CT molecular complexity index is 741. The maximum Gasteiger partial charge on any atom is 0.257 e. The van der Waals surface area contributed by atoms with Crippen LogP contribution in [0.5, 0.6) is 0 Å². The Kier molecular flexibility index (Phi) is 2.65. The maximum atomic E-state index is 6.21. The monoisotopic (exact) mass is 281 g/mol. The molecule has 2 aromatic heterocycles. The average Bonchev–Trinajstić information content (AvgIpc) is 3.16. The van der Waals surface area contributed by atoms with Gasteiger partial charge in [0.25, 0.3) is 5.89 Å². The van der Waals surface area contributed by atoms with E-state index in [4.69, 9.17) is 10.3 Å². The third-order valence-corrected chi connectivity index (χ3v) is 4.00. The number of benzene rings is 1. The van der Waals surface area contributed by atoms with Gasteiger partial charge in [-0.05, 0) is 49.6 Å². The molecule has 6 heteroatoms. The van der Waals surface area contributed by atoms with E-state index in [0.717, 1.165) is 30.5 Å². The molecule has 21 heavy (non-hydrogen) atoms. The van der Waals surface area contributed by atoms with Gasteiger partial charge < -0.3 is 10.3 Å². The molecule has 106 valence electrons. The Morgan fingerprint density at radius 2 is 2.00 bits per heavy atom. The number of rotatable bonds is 3. The molecule has 1 aliphatic carbocycles. The van der Waals surface area contributed by atoms with Crippen molar-refractivity contribution < 1.29 is 4.52 Å². The SMILES string of the molecule is NC1(c2noc(-c3ccc(-n4cccn4)cc3)n2)CCC1. The molecular weight excluding hydrogens is 266 g/mol. The van der Waals surface area contributed by atoms with Crippen molar-refractivity contribution in [3.8, 4) is 17.1 Å². The highest BCUT2D eigenvalue weighted by molar-refractivity contribution is 5.55. The van der Waals surface area contributed by atoms with Gasteiger partial charge in [-0.3, -0.25) is 0 Å². The summed E-state index contributed by atoms with van der Waals surface area (Å²) in [5.74, 6) is 1.12. The standard InChI is InChI=1S/C15H15N5O/c16-15(7-1-8-15)14-18-13(21-19-14)11-3-5-12(6-4-11)20-10-2-9-17-20/h2-6,9-10H,1,7-8,16H2. The van der Waals surface area contributed by atoms with Crippen molar-refractivity contribution in [2.45, 2.75) is 24.8 Å². The lowest BCUT2D eigenvalue weighted by atomic mass is 9.77. The third kappa shape index (κ3) is 2.04. The summed E-state index contributed by atoms with van der Waals surface area (Å²) in [6, 6.07) is 9.70. The fourth-order valence-electron chi connectivity index (χ4n) is 2.50. The van der Waals surface area contributed by atoms with E-state index in [1.807, 2.05) is 36.5 Å². The van der Waals surface area contributed by atoms with Gasteiger partial charge in [0.1, 0.15) is 0 Å². The summed E-state index contributed by atoms with van der Waals surface area (Å²) in [7, 11) is 0. The molecule has 2 heterocycles. The second-order valence-electron chi connectivity index (χ2n) is 5.43. The quantitative estimate of drug-likeness (QED) is 0.796. The van der Waals surface area contributed by atoms with Crippen molar-refractivity contribution in [1.82, 2.24) is 19.9 Å². The molecule has 0 amide bonds. The molecule has 2 N–H and O–H groups in total. The smallest absolute Gasteiger partial charge is 0.257 e. The van der Waals surface area contributed by atoms with Crippen molar-refractivity contribution >= 4 is 0 Å². The van der Waals surface area contributed by atoms with Crippen LogP contribution < -0.4 is 5.73 Å². The van der Waals surface area contributed by atoms with Crippen LogP contribution in [0.15, 0.2) is 47.2 Å². The third-order valence-electron chi connectivity index (χ3n) is 4.00. The lowest BCUT2D eigenvalue weighted by molar-refractivity contribution is 0.229. The summed E-state index contributed by atoms with van der Waals surface area (Å²) in [6.07, 6.45) is 6.61. The van der Waals surface area contributed by atoms with Crippen LogP contribution in [0.4, 0.5) is 0 Å². The van der Waals surface area contributed by atoms with E-state index in [9.17, 15) is 0 Å². The van der Waals surface area contributed by atoms with Gasteiger partial charge in [0, 0.05) is 18.0 Å². The highest BCUT2D eigenvalue weighted by Crippen LogP contribution is 2.37. The van der Waals surface area contributed by atoms with Crippen LogP contribution >= 0.6 is 0 Å². The lowest BCUT2D eigenvalue weighted by Gasteiger charge is -2.34. The molecule has 1 aliphatic rings. The molecular formula is C15H15N5O. The van der Waals surface area contributed by atoms with Crippen molar-refractivity contribution in [2.24, 2.45) is 5.73 Å². The van der Waals surface area contributed by atoms with E-state index in [1.54, 1.807) is 10.9 Å². The van der Waals surface area contributed by atoms with Crippen LogP contribution in [-0.2, 0) is 5.54 Å². The Hall–Kier alpha value is -2.47. The van der Waals surface area contributed by atoms with E-state index in [2.05, 4.69) is 15.2 Å². The minimum Gasteiger partial charge on any atom is -0.334 e. The molecule has 3 aromatic rings. The Morgan fingerprint density at radius 3 is 2.62 bits per heavy atom. The number of hydrogen-bond acceptors (Lipinski definition) is 5. The normalized spacial score (nSPS) is 16.6. The Labute approximate surface area is 121 Å². The van der Waals surface area contributed by atoms with E-state index >= 15 is 0 Å². The van der Waals surface area contributed by atoms with E-state index in [0.29, 0.717) is 11.7 Å². The lowest BCUT2D eigenvalue weighted by Crippen LogP contribution is -2.44. The molecule has 4 rings (SSSR count). The van der Waals surface area contributed by atoms with Gasteiger partial charge in [-0.15, -0.1) is 0 Å². The fraction of sp³-hybridized carbons (Fsp3) is 0.267. The van der Waals surface area contributed by atoms with Crippen LogP contribution in [0.25, 0.3) is 17.1 Å². The number of aromatic nitrogens is 4. The molecule has 0 spiro atoms. The first-order valence-corrected chi connectivity index (χ1v) is 6.98. The molecule has 1 fully saturated rings. The highest BCUT2D eigenvalue weighted by Gasteiger charge is 2.39. The van der Waals surface area contributed by atoms with Crippen LogP contribution in [0.2, 0.25) is 0 Å². The molecule has 0 radical (unpaired) electrons. The van der Waals surface area contributed by atoms with Crippen LogP contribution in [-0.4, -0.2) is 19.9 Å². The first-order chi connectivity index (χ1) is 10.2. The van der Waals surface area contributed by atoms with Crippen molar-refractivity contribution in [3.05, 3.63) is 48.5 Å². The zero-order valence-corrected chi connectivity index (χ0v) is 11.4. The topological polar surface area (TPSA) is 82.8 Å². The summed E-state index contributed by atoms with van der Waals surface area (Å²) >= 11 is 0. The molecule has 0 aliphatic heterocycles. The fourth-order valence-corrected chi connectivity index (χ4v) is 2.50. The first-order valence-electron chi connectivity index (χ1n) is 6.98. The molecule has 0 atom stereocenters. The van der Waals surface area contributed by atoms with Crippen LogP contribution in [0.1, 0.15) is 25.1 Å². The van der Waals surface area contributed by atoms with E-state index in [1.165, 1.54) is 0 Å². The predicted octanol–water partition coefficient (Wildman–Crippen LogP) is 2.26.